The summed E-state index contributed by atoms with van der Waals surface area (Å²) in [5.74, 6) is 0.767. The van der Waals surface area contributed by atoms with Crippen LogP contribution in [0.15, 0.2) is 0 Å². The highest BCUT2D eigenvalue weighted by Gasteiger charge is 2.18. The predicted octanol–water partition coefficient (Wildman–Crippen LogP) is 1.26. The summed E-state index contributed by atoms with van der Waals surface area (Å²) in [6, 6.07) is 0.737. The second-order valence-electron chi connectivity index (χ2n) is 5.75. The normalized spacial score (nSPS) is 21.6. The molecule has 1 atom stereocenters. The van der Waals surface area contributed by atoms with E-state index >= 15 is 0 Å². The average Bonchev–Trinajstić information content (AvgIpc) is 2.66. The molecule has 3 heteroatoms. The summed E-state index contributed by atoms with van der Waals surface area (Å²) < 4.78 is 0. The minimum atomic E-state index is 0.737. The first-order valence-corrected chi connectivity index (χ1v) is 6.68. The Bertz CT molecular complexity index is 174. The van der Waals surface area contributed by atoms with Gasteiger partial charge >= 0.3 is 0 Å². The van der Waals surface area contributed by atoms with Crippen LogP contribution >= 0.6 is 0 Å². The number of hydrogen-bond donors (Lipinski definition) is 1. The molecule has 0 aromatic heterocycles. The fourth-order valence-electron chi connectivity index (χ4n) is 2.34. The van der Waals surface area contributed by atoms with Gasteiger partial charge in [0.1, 0.15) is 0 Å². The van der Waals surface area contributed by atoms with Gasteiger partial charge in [0.15, 0.2) is 0 Å². The third kappa shape index (κ3) is 5.83. The van der Waals surface area contributed by atoms with Crippen molar-refractivity contribution in [3.8, 4) is 0 Å². The third-order valence-electron chi connectivity index (χ3n) is 3.13. The number of rotatable bonds is 7. The van der Waals surface area contributed by atoms with E-state index in [1.165, 1.54) is 45.6 Å². The fourth-order valence-corrected chi connectivity index (χ4v) is 2.34. The van der Waals surface area contributed by atoms with Gasteiger partial charge in [-0.15, -0.1) is 0 Å². The van der Waals surface area contributed by atoms with Gasteiger partial charge in [-0.3, -0.25) is 0 Å². The summed E-state index contributed by atoms with van der Waals surface area (Å²) >= 11 is 0. The Hall–Kier alpha value is -0.120. The van der Waals surface area contributed by atoms with Crippen molar-refractivity contribution in [2.24, 2.45) is 5.92 Å². The van der Waals surface area contributed by atoms with E-state index in [9.17, 15) is 0 Å². The van der Waals surface area contributed by atoms with Crippen molar-refractivity contribution in [2.75, 3.05) is 46.8 Å². The van der Waals surface area contributed by atoms with Crippen LogP contribution in [0.4, 0.5) is 0 Å². The molecule has 1 aliphatic rings. The molecule has 0 spiro atoms. The largest absolute Gasteiger partial charge is 0.313 e. The van der Waals surface area contributed by atoms with Gasteiger partial charge in [0, 0.05) is 32.2 Å². The Kier molecular flexibility index (Phi) is 6.32. The van der Waals surface area contributed by atoms with Crippen LogP contribution in [0.2, 0.25) is 0 Å². The molecule has 1 saturated heterocycles. The van der Waals surface area contributed by atoms with Gasteiger partial charge in [0.05, 0.1) is 0 Å². The van der Waals surface area contributed by atoms with E-state index < -0.39 is 0 Å². The van der Waals surface area contributed by atoms with Gasteiger partial charge in [-0.2, -0.15) is 0 Å². The summed E-state index contributed by atoms with van der Waals surface area (Å²) in [5.41, 5.74) is 0. The number of nitrogens with zero attached hydrogens (tertiary/aromatic N) is 2. The molecule has 96 valence electrons. The van der Waals surface area contributed by atoms with Crippen molar-refractivity contribution in [1.82, 2.24) is 15.1 Å². The molecular formula is C13H29N3. The molecule has 1 heterocycles. The summed E-state index contributed by atoms with van der Waals surface area (Å²) in [6.07, 6.45) is 2.71. The zero-order valence-corrected chi connectivity index (χ0v) is 11.5. The lowest BCUT2D eigenvalue weighted by Gasteiger charge is -2.28. The van der Waals surface area contributed by atoms with Gasteiger partial charge < -0.3 is 15.1 Å². The standard InChI is InChI=1S/C13H29N3/c1-12(2)10-16(9-8-15(3)4)11-13-6-5-7-14-13/h12-14H,5-11H2,1-4H3/t13-/m1/s1. The highest BCUT2D eigenvalue weighted by Crippen LogP contribution is 2.08. The fraction of sp³-hybridized carbons (Fsp3) is 1.00. The summed E-state index contributed by atoms with van der Waals surface area (Å²) in [5, 5.41) is 3.59. The highest BCUT2D eigenvalue weighted by molar-refractivity contribution is 4.78. The van der Waals surface area contributed by atoms with Crippen LogP contribution < -0.4 is 5.32 Å². The Morgan fingerprint density at radius 3 is 2.50 bits per heavy atom. The minimum absolute atomic E-state index is 0.737. The van der Waals surface area contributed by atoms with Crippen molar-refractivity contribution >= 4 is 0 Å². The molecule has 0 saturated carbocycles. The molecule has 1 fully saturated rings. The minimum Gasteiger partial charge on any atom is -0.313 e. The summed E-state index contributed by atoms with van der Waals surface area (Å²) in [4.78, 5) is 4.89. The SMILES string of the molecule is CC(C)CN(CCN(C)C)C[C@H]1CCCN1. The Morgan fingerprint density at radius 1 is 1.25 bits per heavy atom. The lowest BCUT2D eigenvalue weighted by atomic mass is 10.1. The Morgan fingerprint density at radius 2 is 2.00 bits per heavy atom. The molecule has 1 N–H and O–H groups in total. The van der Waals surface area contributed by atoms with Gasteiger partial charge in [-0.25, -0.2) is 0 Å². The van der Waals surface area contributed by atoms with E-state index in [2.05, 4.69) is 43.1 Å². The molecule has 0 radical (unpaired) electrons. The molecule has 0 unspecified atom stereocenters. The molecule has 0 aliphatic carbocycles. The first kappa shape index (κ1) is 13.9. The van der Waals surface area contributed by atoms with Crippen LogP contribution in [0.25, 0.3) is 0 Å². The van der Waals surface area contributed by atoms with Crippen LogP contribution in [-0.2, 0) is 0 Å². The second kappa shape index (κ2) is 7.25. The van der Waals surface area contributed by atoms with E-state index in [1.54, 1.807) is 0 Å². The highest BCUT2D eigenvalue weighted by atomic mass is 15.2. The van der Waals surface area contributed by atoms with Gasteiger partial charge in [0.25, 0.3) is 0 Å². The Labute approximate surface area is 101 Å². The molecule has 1 rings (SSSR count). The average molecular weight is 227 g/mol. The topological polar surface area (TPSA) is 18.5 Å². The third-order valence-corrected chi connectivity index (χ3v) is 3.13. The van der Waals surface area contributed by atoms with E-state index in [4.69, 9.17) is 0 Å². The monoisotopic (exact) mass is 227 g/mol. The van der Waals surface area contributed by atoms with Crippen molar-refractivity contribution < 1.29 is 0 Å². The van der Waals surface area contributed by atoms with Gasteiger partial charge in [0.2, 0.25) is 0 Å². The maximum absolute atomic E-state index is 3.59. The molecule has 0 aromatic rings. The van der Waals surface area contributed by atoms with E-state index in [-0.39, 0.29) is 0 Å². The molecular weight excluding hydrogens is 198 g/mol. The lowest BCUT2D eigenvalue weighted by Crippen LogP contribution is -2.42. The lowest BCUT2D eigenvalue weighted by molar-refractivity contribution is 0.203. The maximum Gasteiger partial charge on any atom is 0.0195 e. The predicted molar refractivity (Wildman–Crippen MR) is 70.9 cm³/mol. The number of likely N-dealkylation sites (N-methyl/N-ethyl adjacent to an activating group) is 1. The molecule has 3 nitrogen and oxygen atoms in total. The van der Waals surface area contributed by atoms with E-state index in [0.29, 0.717) is 0 Å². The smallest absolute Gasteiger partial charge is 0.0195 e. The Balaban J connectivity index is 2.29. The molecule has 0 aromatic carbocycles. The number of hydrogen-bond acceptors (Lipinski definition) is 3. The number of nitrogens with one attached hydrogen (secondary N) is 1. The van der Waals surface area contributed by atoms with Crippen molar-refractivity contribution in [3.05, 3.63) is 0 Å². The van der Waals surface area contributed by atoms with Crippen LogP contribution in [0.5, 0.6) is 0 Å². The van der Waals surface area contributed by atoms with E-state index in [0.717, 1.165) is 12.0 Å². The summed E-state index contributed by atoms with van der Waals surface area (Å²) in [7, 11) is 4.31. The summed E-state index contributed by atoms with van der Waals surface area (Å²) in [6.45, 7) is 10.7. The van der Waals surface area contributed by atoms with Crippen LogP contribution in [0, 0.1) is 5.92 Å². The first-order chi connectivity index (χ1) is 7.58. The maximum atomic E-state index is 3.59. The molecule has 16 heavy (non-hydrogen) atoms. The van der Waals surface area contributed by atoms with Crippen molar-refractivity contribution in [3.63, 3.8) is 0 Å². The zero-order valence-electron chi connectivity index (χ0n) is 11.5. The molecule has 0 bridgehead atoms. The van der Waals surface area contributed by atoms with E-state index in [1.807, 2.05) is 0 Å². The van der Waals surface area contributed by atoms with Crippen molar-refractivity contribution in [1.29, 1.82) is 0 Å². The van der Waals surface area contributed by atoms with Crippen LogP contribution in [0.1, 0.15) is 26.7 Å². The second-order valence-corrected chi connectivity index (χ2v) is 5.75. The van der Waals surface area contributed by atoms with Crippen LogP contribution in [0.3, 0.4) is 0 Å². The van der Waals surface area contributed by atoms with Crippen molar-refractivity contribution in [2.45, 2.75) is 32.7 Å². The first-order valence-electron chi connectivity index (χ1n) is 6.68. The zero-order chi connectivity index (χ0) is 12.0. The molecule has 1 aliphatic heterocycles. The quantitative estimate of drug-likeness (QED) is 0.706. The van der Waals surface area contributed by atoms with Crippen LogP contribution in [-0.4, -0.2) is 62.7 Å². The van der Waals surface area contributed by atoms with Gasteiger partial charge in [-0.1, -0.05) is 13.8 Å². The molecule has 0 amide bonds. The van der Waals surface area contributed by atoms with Gasteiger partial charge in [-0.05, 0) is 39.4 Å².